The minimum Gasteiger partial charge on any atom is -0.325 e. The normalized spacial score (nSPS) is 27.6. The van der Waals surface area contributed by atoms with Crippen molar-refractivity contribution in [1.29, 1.82) is 0 Å². The van der Waals surface area contributed by atoms with E-state index in [1.54, 1.807) is 25.7 Å². The summed E-state index contributed by atoms with van der Waals surface area (Å²) in [5.74, 6) is -0.0378. The van der Waals surface area contributed by atoms with Crippen LogP contribution in [-0.2, 0) is 14.6 Å². The van der Waals surface area contributed by atoms with Crippen LogP contribution < -0.4 is 5.32 Å². The number of nitrogens with one attached hydrogen (secondary N) is 1. The molecule has 1 saturated heterocycles. The lowest BCUT2D eigenvalue weighted by atomic mass is 10.2. The number of carbonyl (C=O) groups excluding carboxylic acids is 1. The maximum atomic E-state index is 11.8. The highest BCUT2D eigenvalue weighted by Gasteiger charge is 2.40. The fraction of sp³-hybridized carbons (Fsp3) is 0.900. The Morgan fingerprint density at radius 3 is 2.19 bits per heavy atom. The first-order chi connectivity index (χ1) is 7.06. The number of nitrogens with zero attached hydrogens (tertiary/aromatic N) is 1. The molecule has 0 saturated carbocycles. The second-order valence-electron chi connectivity index (χ2n) is 5.06. The molecular formula is C10H20N2O3S. The van der Waals surface area contributed by atoms with Gasteiger partial charge in [0.1, 0.15) is 0 Å². The Balaban J connectivity index is 2.87. The summed E-state index contributed by atoms with van der Waals surface area (Å²) in [7, 11) is -3.18. The second-order valence-corrected chi connectivity index (χ2v) is 7.71. The minimum absolute atomic E-state index is 0.0378. The molecule has 1 amide bonds. The van der Waals surface area contributed by atoms with Crippen LogP contribution in [0.3, 0.4) is 0 Å². The molecule has 0 aromatic rings. The van der Waals surface area contributed by atoms with E-state index in [2.05, 4.69) is 5.32 Å². The van der Waals surface area contributed by atoms with Crippen molar-refractivity contribution in [2.24, 2.45) is 0 Å². The smallest absolute Gasteiger partial charge is 0.240 e. The van der Waals surface area contributed by atoms with Crippen molar-refractivity contribution >= 4 is 15.7 Å². The number of rotatable bonds is 3. The molecule has 0 aromatic heterocycles. The zero-order valence-electron chi connectivity index (χ0n) is 10.4. The molecule has 1 fully saturated rings. The van der Waals surface area contributed by atoms with Gasteiger partial charge >= 0.3 is 0 Å². The predicted octanol–water partition coefficient (Wildman–Crippen LogP) is -0.0241. The third-order valence-corrected chi connectivity index (χ3v) is 5.30. The van der Waals surface area contributed by atoms with Gasteiger partial charge in [0.25, 0.3) is 0 Å². The molecule has 0 aliphatic carbocycles. The second kappa shape index (κ2) is 4.00. The Kier molecular flexibility index (Phi) is 3.36. The van der Waals surface area contributed by atoms with Crippen LogP contribution in [0.5, 0.6) is 0 Å². The van der Waals surface area contributed by atoms with Crippen molar-refractivity contribution in [1.82, 2.24) is 10.2 Å². The highest BCUT2D eigenvalue weighted by Crippen LogP contribution is 2.21. The maximum absolute atomic E-state index is 11.8. The molecule has 2 unspecified atom stereocenters. The first-order valence-corrected chi connectivity index (χ1v) is 7.21. The van der Waals surface area contributed by atoms with Gasteiger partial charge in [-0.2, -0.15) is 0 Å². The Hall–Kier alpha value is -0.620. The molecule has 0 aromatic carbocycles. The van der Waals surface area contributed by atoms with Gasteiger partial charge in [-0.15, -0.1) is 0 Å². The van der Waals surface area contributed by atoms with Crippen LogP contribution in [0.15, 0.2) is 0 Å². The predicted molar refractivity (Wildman–Crippen MR) is 62.7 cm³/mol. The van der Waals surface area contributed by atoms with Crippen molar-refractivity contribution in [2.45, 2.75) is 44.6 Å². The third kappa shape index (κ3) is 2.38. The van der Waals surface area contributed by atoms with Gasteiger partial charge in [-0.3, -0.25) is 10.1 Å². The summed E-state index contributed by atoms with van der Waals surface area (Å²) in [6, 6.07) is -0.231. The van der Waals surface area contributed by atoms with Crippen LogP contribution in [0.1, 0.15) is 27.7 Å². The van der Waals surface area contributed by atoms with Crippen LogP contribution in [0.2, 0.25) is 0 Å². The van der Waals surface area contributed by atoms with E-state index in [9.17, 15) is 13.2 Å². The lowest BCUT2D eigenvalue weighted by Crippen LogP contribution is -2.48. The van der Waals surface area contributed by atoms with E-state index >= 15 is 0 Å². The van der Waals surface area contributed by atoms with Gasteiger partial charge in [-0.25, -0.2) is 8.42 Å². The van der Waals surface area contributed by atoms with Crippen molar-refractivity contribution in [3.05, 3.63) is 0 Å². The molecule has 6 heteroatoms. The average Bonchev–Trinajstić information content (AvgIpc) is 2.30. The Morgan fingerprint density at radius 1 is 1.38 bits per heavy atom. The highest BCUT2D eigenvalue weighted by atomic mass is 32.2. The van der Waals surface area contributed by atoms with Gasteiger partial charge < -0.3 is 4.90 Å². The molecule has 16 heavy (non-hydrogen) atoms. The summed E-state index contributed by atoms with van der Waals surface area (Å²) in [6.45, 7) is 7.16. The minimum atomic E-state index is -3.18. The van der Waals surface area contributed by atoms with E-state index in [0.717, 1.165) is 0 Å². The zero-order valence-corrected chi connectivity index (χ0v) is 11.3. The topological polar surface area (TPSA) is 66.5 Å². The largest absolute Gasteiger partial charge is 0.325 e. The number of sulfone groups is 1. The van der Waals surface area contributed by atoms with E-state index in [0.29, 0.717) is 0 Å². The van der Waals surface area contributed by atoms with Crippen molar-refractivity contribution in [3.63, 3.8) is 0 Å². The first-order valence-electron chi connectivity index (χ1n) is 5.32. The number of hydrogen-bond acceptors (Lipinski definition) is 4. The molecular weight excluding hydrogens is 228 g/mol. The summed E-state index contributed by atoms with van der Waals surface area (Å²) in [5.41, 5.74) is 0. The van der Waals surface area contributed by atoms with E-state index < -0.39 is 14.6 Å². The average molecular weight is 248 g/mol. The summed E-state index contributed by atoms with van der Waals surface area (Å²) in [5, 5.41) is 3.07. The molecule has 2 atom stereocenters. The fourth-order valence-corrected chi connectivity index (χ4v) is 2.08. The van der Waals surface area contributed by atoms with Crippen LogP contribution in [-0.4, -0.2) is 49.0 Å². The Bertz CT molecular complexity index is 389. The van der Waals surface area contributed by atoms with E-state index in [4.69, 9.17) is 0 Å². The van der Waals surface area contributed by atoms with Gasteiger partial charge in [0, 0.05) is 12.8 Å². The van der Waals surface area contributed by atoms with Crippen molar-refractivity contribution in [3.8, 4) is 0 Å². The summed E-state index contributed by atoms with van der Waals surface area (Å²) in [6.07, 6.45) is 1.10. The lowest BCUT2D eigenvalue weighted by molar-refractivity contribution is -0.129. The molecule has 0 bridgehead atoms. The standard InChI is InChI=1S/C10H20N2O3S/c1-7-9(13)12(8(2)11-7)6-10(3,4)16(5,14)15/h7-8,11H,6H2,1-5H3. The molecule has 1 aliphatic rings. The number of hydrogen-bond donors (Lipinski definition) is 1. The van der Waals surface area contributed by atoms with E-state index in [-0.39, 0.29) is 24.7 Å². The summed E-state index contributed by atoms with van der Waals surface area (Å²) in [4.78, 5) is 13.4. The Labute approximate surface area is 97.1 Å². The molecule has 0 radical (unpaired) electrons. The monoisotopic (exact) mass is 248 g/mol. The SMILES string of the molecule is CC1NC(C)N(CC(C)(C)S(C)(=O)=O)C1=O. The van der Waals surface area contributed by atoms with Gasteiger partial charge in [0.15, 0.2) is 9.84 Å². The van der Waals surface area contributed by atoms with Gasteiger partial charge in [0.2, 0.25) is 5.91 Å². The molecule has 0 spiro atoms. The van der Waals surface area contributed by atoms with E-state index in [1.165, 1.54) is 6.26 Å². The Morgan fingerprint density at radius 2 is 1.88 bits per heavy atom. The maximum Gasteiger partial charge on any atom is 0.240 e. The highest BCUT2D eigenvalue weighted by molar-refractivity contribution is 7.92. The van der Waals surface area contributed by atoms with Crippen LogP contribution in [0.4, 0.5) is 0 Å². The lowest BCUT2D eigenvalue weighted by Gasteiger charge is -2.30. The molecule has 1 aliphatic heterocycles. The van der Waals surface area contributed by atoms with Crippen LogP contribution >= 0.6 is 0 Å². The molecule has 1 rings (SSSR count). The number of carbonyl (C=O) groups is 1. The fourth-order valence-electron chi connectivity index (χ4n) is 1.70. The van der Waals surface area contributed by atoms with Crippen molar-refractivity contribution < 1.29 is 13.2 Å². The van der Waals surface area contributed by atoms with Gasteiger partial charge in [0.05, 0.1) is 17.0 Å². The number of amides is 1. The first kappa shape index (κ1) is 13.4. The molecule has 94 valence electrons. The zero-order chi connectivity index (χ0) is 12.7. The molecule has 5 nitrogen and oxygen atoms in total. The van der Waals surface area contributed by atoms with Crippen LogP contribution in [0, 0.1) is 0 Å². The van der Waals surface area contributed by atoms with Crippen molar-refractivity contribution in [2.75, 3.05) is 12.8 Å². The van der Waals surface area contributed by atoms with Gasteiger partial charge in [-0.05, 0) is 27.7 Å². The molecule has 1 heterocycles. The summed E-state index contributed by atoms with van der Waals surface area (Å²) >= 11 is 0. The van der Waals surface area contributed by atoms with E-state index in [1.807, 2.05) is 6.92 Å². The summed E-state index contributed by atoms with van der Waals surface area (Å²) < 4.78 is 22.2. The quantitative estimate of drug-likeness (QED) is 0.762. The molecule has 1 N–H and O–H groups in total. The van der Waals surface area contributed by atoms with Gasteiger partial charge in [-0.1, -0.05) is 0 Å². The third-order valence-electron chi connectivity index (χ3n) is 3.17. The van der Waals surface area contributed by atoms with Crippen LogP contribution in [0.25, 0.3) is 0 Å².